The van der Waals surface area contributed by atoms with Crippen LogP contribution in [-0.4, -0.2) is 40.6 Å². The van der Waals surface area contributed by atoms with Crippen LogP contribution in [0.3, 0.4) is 0 Å². The van der Waals surface area contributed by atoms with Gasteiger partial charge >= 0.3 is 0 Å². The second kappa shape index (κ2) is 10.0. The Morgan fingerprint density at radius 3 is 2.31 bits per heavy atom. The second-order valence-corrected chi connectivity index (χ2v) is 6.46. The fourth-order valence-corrected chi connectivity index (χ4v) is 2.87. The van der Waals surface area contributed by atoms with Gasteiger partial charge < -0.3 is 14.2 Å². The minimum atomic E-state index is -0.227. The lowest BCUT2D eigenvalue weighted by atomic mass is 10.2. The third kappa shape index (κ3) is 5.92. The van der Waals surface area contributed by atoms with Gasteiger partial charge in [0.1, 0.15) is 17.4 Å². The van der Waals surface area contributed by atoms with E-state index in [0.29, 0.717) is 19.6 Å². The van der Waals surface area contributed by atoms with Crippen molar-refractivity contribution in [2.75, 3.05) is 19.0 Å². The molecule has 2 aromatic rings. The molecule has 0 N–H and O–H groups in total. The van der Waals surface area contributed by atoms with Crippen molar-refractivity contribution in [2.24, 2.45) is 0 Å². The van der Waals surface area contributed by atoms with Crippen molar-refractivity contribution in [3.63, 3.8) is 0 Å². The van der Waals surface area contributed by atoms with E-state index in [1.807, 2.05) is 56.3 Å². The quantitative estimate of drug-likeness (QED) is 0.628. The highest BCUT2D eigenvalue weighted by Crippen LogP contribution is 2.14. The van der Waals surface area contributed by atoms with Crippen molar-refractivity contribution in [3.8, 4) is 0 Å². The summed E-state index contributed by atoms with van der Waals surface area (Å²) >= 11 is 5.68. The van der Waals surface area contributed by atoms with Gasteiger partial charge in [0.05, 0.1) is 13.1 Å². The number of furan rings is 1. The third-order valence-electron chi connectivity index (χ3n) is 4.00. The Morgan fingerprint density at radius 2 is 1.73 bits per heavy atom. The molecule has 0 bridgehead atoms. The van der Waals surface area contributed by atoms with Crippen molar-refractivity contribution >= 4 is 23.4 Å². The molecule has 0 saturated carbocycles. The molecule has 0 fully saturated rings. The topological polar surface area (TPSA) is 53.8 Å². The maximum absolute atomic E-state index is 12.9. The molecule has 2 amide bonds. The van der Waals surface area contributed by atoms with Gasteiger partial charge in [-0.3, -0.25) is 9.59 Å². The molecule has 1 heterocycles. The zero-order valence-corrected chi connectivity index (χ0v) is 16.0. The summed E-state index contributed by atoms with van der Waals surface area (Å²) in [6, 6.07) is 13.5. The highest BCUT2D eigenvalue weighted by atomic mass is 35.5. The fourth-order valence-electron chi connectivity index (χ4n) is 2.70. The van der Waals surface area contributed by atoms with Crippen LogP contribution in [0.1, 0.15) is 30.4 Å². The molecular weight excluding hydrogens is 352 g/mol. The zero-order chi connectivity index (χ0) is 18.9. The third-order valence-corrected chi connectivity index (χ3v) is 4.23. The molecule has 6 heteroatoms. The number of amides is 2. The molecule has 0 atom stereocenters. The average Bonchev–Trinajstić information content (AvgIpc) is 3.05. The highest BCUT2D eigenvalue weighted by molar-refractivity contribution is 6.27. The monoisotopic (exact) mass is 376 g/mol. The number of nitrogens with zero attached hydrogens (tertiary/aromatic N) is 2. The molecule has 0 aliphatic carbocycles. The van der Waals surface area contributed by atoms with Crippen LogP contribution < -0.4 is 0 Å². The van der Waals surface area contributed by atoms with Gasteiger partial charge in [0.2, 0.25) is 11.8 Å². The largest absolute Gasteiger partial charge is 0.464 e. The van der Waals surface area contributed by atoms with E-state index >= 15 is 0 Å². The first kappa shape index (κ1) is 20.0. The summed E-state index contributed by atoms with van der Waals surface area (Å²) in [5.74, 6) is 1.04. The number of halogens is 1. The lowest BCUT2D eigenvalue weighted by molar-refractivity contribution is -0.140. The van der Waals surface area contributed by atoms with E-state index in [9.17, 15) is 9.59 Å². The molecular formula is C20H25ClN2O3. The Labute approximate surface area is 159 Å². The van der Waals surface area contributed by atoms with Gasteiger partial charge in [0.25, 0.3) is 0 Å². The van der Waals surface area contributed by atoms with E-state index < -0.39 is 0 Å². The molecule has 0 aliphatic heterocycles. The number of alkyl halides is 1. The first-order valence-electron chi connectivity index (χ1n) is 8.74. The van der Waals surface area contributed by atoms with Crippen molar-refractivity contribution in [1.82, 2.24) is 9.80 Å². The molecule has 1 aromatic carbocycles. The Hall–Kier alpha value is -2.27. The van der Waals surface area contributed by atoms with Gasteiger partial charge in [-0.2, -0.15) is 0 Å². The molecule has 5 nitrogen and oxygen atoms in total. The van der Waals surface area contributed by atoms with Crippen LogP contribution in [-0.2, 0) is 22.7 Å². The Bertz CT molecular complexity index is 715. The molecule has 0 radical (unpaired) electrons. The molecule has 0 spiro atoms. The van der Waals surface area contributed by atoms with Gasteiger partial charge in [0.15, 0.2) is 0 Å². The van der Waals surface area contributed by atoms with E-state index in [1.54, 1.807) is 4.90 Å². The summed E-state index contributed by atoms with van der Waals surface area (Å²) in [4.78, 5) is 28.1. The number of benzene rings is 1. The summed E-state index contributed by atoms with van der Waals surface area (Å²) < 4.78 is 5.63. The van der Waals surface area contributed by atoms with Gasteiger partial charge in [-0.05, 0) is 31.0 Å². The smallest absolute Gasteiger partial charge is 0.242 e. The number of carbonyl (C=O) groups excluding carboxylic acids is 2. The summed E-state index contributed by atoms with van der Waals surface area (Å²) in [7, 11) is 0. The van der Waals surface area contributed by atoms with Crippen molar-refractivity contribution in [1.29, 1.82) is 0 Å². The minimum Gasteiger partial charge on any atom is -0.464 e. The first-order valence-corrected chi connectivity index (χ1v) is 9.27. The summed E-state index contributed by atoms with van der Waals surface area (Å²) in [5.41, 5.74) is 1.02. The zero-order valence-electron chi connectivity index (χ0n) is 15.3. The predicted molar refractivity (Wildman–Crippen MR) is 102 cm³/mol. The van der Waals surface area contributed by atoms with Crippen LogP contribution >= 0.6 is 11.6 Å². The van der Waals surface area contributed by atoms with Crippen molar-refractivity contribution in [2.45, 2.75) is 33.4 Å². The lowest BCUT2D eigenvalue weighted by Crippen LogP contribution is -2.43. The maximum atomic E-state index is 12.9. The number of carbonyl (C=O) groups is 2. The molecule has 2 rings (SSSR count). The van der Waals surface area contributed by atoms with Crippen molar-refractivity contribution < 1.29 is 14.0 Å². The number of rotatable bonds is 9. The normalized spacial score (nSPS) is 10.6. The first-order chi connectivity index (χ1) is 12.5. The second-order valence-electron chi connectivity index (χ2n) is 6.20. The SMILES string of the molecule is CCCN(CC(=O)N(Cc1ccccc1)Cc1ccc(C)o1)C(=O)CCl. The molecule has 0 aliphatic rings. The Kier molecular flexibility index (Phi) is 7.73. The predicted octanol–water partition coefficient (Wildman–Crippen LogP) is 3.59. The molecule has 0 saturated heterocycles. The van der Waals surface area contributed by atoms with E-state index in [0.717, 1.165) is 23.5 Å². The Balaban J connectivity index is 2.15. The van der Waals surface area contributed by atoms with E-state index in [2.05, 4.69) is 0 Å². The molecule has 26 heavy (non-hydrogen) atoms. The summed E-state index contributed by atoms with van der Waals surface area (Å²) in [6.45, 7) is 5.18. The molecule has 1 aromatic heterocycles. The van der Waals surface area contributed by atoms with Gasteiger partial charge in [-0.15, -0.1) is 11.6 Å². The van der Waals surface area contributed by atoms with Crippen molar-refractivity contribution in [3.05, 3.63) is 59.5 Å². The van der Waals surface area contributed by atoms with E-state index in [1.165, 1.54) is 4.90 Å². The van der Waals surface area contributed by atoms with Crippen LogP contribution in [0.15, 0.2) is 46.9 Å². The number of hydrogen-bond donors (Lipinski definition) is 0. The maximum Gasteiger partial charge on any atom is 0.242 e. The van der Waals surface area contributed by atoms with Crippen LogP contribution in [0.2, 0.25) is 0 Å². The summed E-state index contributed by atoms with van der Waals surface area (Å²) in [5, 5.41) is 0. The van der Waals surface area contributed by atoms with E-state index in [4.69, 9.17) is 16.0 Å². The van der Waals surface area contributed by atoms with E-state index in [-0.39, 0.29) is 24.2 Å². The van der Waals surface area contributed by atoms with Crippen LogP contribution in [0, 0.1) is 6.92 Å². The van der Waals surface area contributed by atoms with Crippen LogP contribution in [0.25, 0.3) is 0 Å². The fraction of sp³-hybridized carbons (Fsp3) is 0.400. The molecule has 0 unspecified atom stereocenters. The highest BCUT2D eigenvalue weighted by Gasteiger charge is 2.21. The van der Waals surface area contributed by atoms with Gasteiger partial charge in [-0.1, -0.05) is 37.3 Å². The van der Waals surface area contributed by atoms with Crippen LogP contribution in [0.4, 0.5) is 0 Å². The Morgan fingerprint density at radius 1 is 1.00 bits per heavy atom. The number of hydrogen-bond acceptors (Lipinski definition) is 3. The summed E-state index contributed by atoms with van der Waals surface area (Å²) in [6.07, 6.45) is 0.770. The van der Waals surface area contributed by atoms with Gasteiger partial charge in [0, 0.05) is 13.1 Å². The number of aryl methyl sites for hydroxylation is 1. The van der Waals surface area contributed by atoms with Gasteiger partial charge in [-0.25, -0.2) is 0 Å². The molecule has 140 valence electrons. The van der Waals surface area contributed by atoms with Crippen LogP contribution in [0.5, 0.6) is 0 Å². The average molecular weight is 377 g/mol. The standard InChI is InChI=1S/C20H25ClN2O3/c1-3-11-22(19(24)12-21)15-20(25)23(13-17-7-5-4-6-8-17)14-18-10-9-16(2)26-18/h4-10H,3,11-15H2,1-2H3. The minimum absolute atomic E-state index is 0.0198. The lowest BCUT2D eigenvalue weighted by Gasteiger charge is -2.27.